The third-order valence-electron chi connectivity index (χ3n) is 3.79. The number of hydrogen-bond donors (Lipinski definition) is 2. The maximum absolute atomic E-state index is 13.1. The molecule has 0 bridgehead atoms. The number of halogens is 1. The van der Waals surface area contributed by atoms with Gasteiger partial charge in [-0.05, 0) is 44.5 Å². The van der Waals surface area contributed by atoms with E-state index in [0.717, 1.165) is 0 Å². The minimum absolute atomic E-state index is 0.00600. The molecule has 1 amide bonds. The van der Waals surface area contributed by atoms with Crippen LogP contribution >= 0.6 is 0 Å². The van der Waals surface area contributed by atoms with Gasteiger partial charge in [-0.25, -0.2) is 9.07 Å². The summed E-state index contributed by atoms with van der Waals surface area (Å²) in [7, 11) is 0. The van der Waals surface area contributed by atoms with Crippen molar-refractivity contribution in [3.8, 4) is 5.69 Å². The van der Waals surface area contributed by atoms with Gasteiger partial charge in [-0.15, -0.1) is 0 Å². The van der Waals surface area contributed by atoms with Crippen molar-refractivity contribution in [1.29, 1.82) is 0 Å². The standard InChI is InChI=1S/C17H20FN3O3/c1-4-14-13(15(22)19-10-17(2,3)16(23)24)9-20-21(14)12-7-5-11(18)6-8-12/h5-9H,4,10H2,1-3H3,(H,19,22)(H,23,24). The highest BCUT2D eigenvalue weighted by Crippen LogP contribution is 2.18. The predicted molar refractivity (Wildman–Crippen MR) is 86.7 cm³/mol. The second-order valence-corrected chi connectivity index (χ2v) is 6.12. The van der Waals surface area contributed by atoms with Crippen molar-refractivity contribution in [3.05, 3.63) is 47.5 Å². The van der Waals surface area contributed by atoms with Crippen LogP contribution in [0.4, 0.5) is 4.39 Å². The Kier molecular flexibility index (Phi) is 5.02. The fourth-order valence-electron chi connectivity index (χ4n) is 2.18. The molecule has 2 rings (SSSR count). The van der Waals surface area contributed by atoms with E-state index in [9.17, 15) is 14.0 Å². The van der Waals surface area contributed by atoms with Crippen LogP contribution in [-0.4, -0.2) is 33.3 Å². The second kappa shape index (κ2) is 6.82. The van der Waals surface area contributed by atoms with Crippen LogP contribution < -0.4 is 5.32 Å². The highest BCUT2D eigenvalue weighted by molar-refractivity contribution is 5.95. The van der Waals surface area contributed by atoms with Crippen molar-refractivity contribution in [3.63, 3.8) is 0 Å². The number of nitrogens with one attached hydrogen (secondary N) is 1. The summed E-state index contributed by atoms with van der Waals surface area (Å²) in [6.07, 6.45) is 1.98. The first-order chi connectivity index (χ1) is 11.3. The monoisotopic (exact) mass is 333 g/mol. The number of amides is 1. The first kappa shape index (κ1) is 17.7. The third kappa shape index (κ3) is 3.61. The molecule has 0 aliphatic rings. The molecule has 1 heterocycles. The Labute approximate surface area is 139 Å². The molecule has 1 aromatic heterocycles. The number of hydrogen-bond acceptors (Lipinski definition) is 3. The summed E-state index contributed by atoms with van der Waals surface area (Å²) in [6, 6.07) is 5.81. The largest absolute Gasteiger partial charge is 0.481 e. The summed E-state index contributed by atoms with van der Waals surface area (Å²) in [5.41, 5.74) is 0.642. The summed E-state index contributed by atoms with van der Waals surface area (Å²) >= 11 is 0. The molecule has 0 aliphatic carbocycles. The normalized spacial score (nSPS) is 11.3. The molecule has 0 saturated carbocycles. The number of nitrogens with zero attached hydrogens (tertiary/aromatic N) is 2. The van der Waals surface area contributed by atoms with Gasteiger partial charge in [0.05, 0.1) is 28.6 Å². The molecule has 24 heavy (non-hydrogen) atoms. The Balaban J connectivity index is 2.24. The molecule has 2 aromatic rings. The zero-order valence-corrected chi connectivity index (χ0v) is 13.8. The van der Waals surface area contributed by atoms with E-state index in [1.165, 1.54) is 32.2 Å². The van der Waals surface area contributed by atoms with E-state index in [4.69, 9.17) is 5.11 Å². The van der Waals surface area contributed by atoms with Gasteiger partial charge < -0.3 is 10.4 Å². The van der Waals surface area contributed by atoms with E-state index >= 15 is 0 Å². The fourth-order valence-corrected chi connectivity index (χ4v) is 2.18. The Morgan fingerprint density at radius 2 is 1.92 bits per heavy atom. The summed E-state index contributed by atoms with van der Waals surface area (Å²) in [6.45, 7) is 4.97. The molecular weight excluding hydrogens is 313 g/mol. The van der Waals surface area contributed by atoms with E-state index in [1.807, 2.05) is 6.92 Å². The molecule has 128 valence electrons. The number of aliphatic carboxylic acids is 1. The molecule has 6 nitrogen and oxygen atoms in total. The van der Waals surface area contributed by atoms with Gasteiger partial charge in [-0.1, -0.05) is 6.92 Å². The van der Waals surface area contributed by atoms with Crippen LogP contribution in [0.2, 0.25) is 0 Å². The molecule has 2 N–H and O–H groups in total. The molecular formula is C17H20FN3O3. The third-order valence-corrected chi connectivity index (χ3v) is 3.79. The number of carboxylic acids is 1. The summed E-state index contributed by atoms with van der Waals surface area (Å²) in [5, 5.41) is 15.9. The van der Waals surface area contributed by atoms with Gasteiger partial charge >= 0.3 is 5.97 Å². The smallest absolute Gasteiger partial charge is 0.310 e. The van der Waals surface area contributed by atoms with Crippen LogP contribution in [0.3, 0.4) is 0 Å². The molecule has 0 aliphatic heterocycles. The van der Waals surface area contributed by atoms with Gasteiger partial charge in [-0.3, -0.25) is 9.59 Å². The molecule has 0 spiro atoms. The van der Waals surface area contributed by atoms with Gasteiger partial charge in [0.1, 0.15) is 5.82 Å². The average Bonchev–Trinajstić information content (AvgIpc) is 2.97. The number of benzene rings is 1. The van der Waals surface area contributed by atoms with Crippen molar-refractivity contribution in [2.45, 2.75) is 27.2 Å². The van der Waals surface area contributed by atoms with Crippen molar-refractivity contribution in [2.24, 2.45) is 5.41 Å². The second-order valence-electron chi connectivity index (χ2n) is 6.12. The molecule has 0 saturated heterocycles. The summed E-state index contributed by atoms with van der Waals surface area (Å²) in [4.78, 5) is 23.5. The van der Waals surface area contributed by atoms with E-state index in [0.29, 0.717) is 23.4 Å². The molecule has 7 heteroatoms. The van der Waals surface area contributed by atoms with Gasteiger partial charge in [0, 0.05) is 6.54 Å². The minimum atomic E-state index is -1.06. The molecule has 1 aromatic carbocycles. The number of aromatic nitrogens is 2. The minimum Gasteiger partial charge on any atom is -0.481 e. The zero-order chi connectivity index (χ0) is 17.9. The maximum atomic E-state index is 13.1. The maximum Gasteiger partial charge on any atom is 0.310 e. The van der Waals surface area contributed by atoms with E-state index < -0.39 is 11.4 Å². The lowest BCUT2D eigenvalue weighted by molar-refractivity contribution is -0.146. The van der Waals surface area contributed by atoms with Crippen molar-refractivity contribution in [1.82, 2.24) is 15.1 Å². The summed E-state index contributed by atoms with van der Waals surface area (Å²) in [5.74, 6) is -1.71. The molecule has 0 radical (unpaired) electrons. The Morgan fingerprint density at radius 1 is 1.29 bits per heavy atom. The van der Waals surface area contributed by atoms with Crippen LogP contribution in [0.5, 0.6) is 0 Å². The Morgan fingerprint density at radius 3 is 2.46 bits per heavy atom. The number of carboxylic acid groups (broad SMARTS) is 1. The SMILES string of the molecule is CCc1c(C(=O)NCC(C)(C)C(=O)O)cnn1-c1ccc(F)cc1. The first-order valence-electron chi connectivity index (χ1n) is 7.60. The predicted octanol–water partition coefficient (Wildman–Crippen LogP) is 2.41. The van der Waals surface area contributed by atoms with Crippen LogP contribution in [0.15, 0.2) is 30.5 Å². The van der Waals surface area contributed by atoms with Crippen molar-refractivity contribution in [2.75, 3.05) is 6.54 Å². The fraction of sp³-hybridized carbons (Fsp3) is 0.353. The first-order valence-corrected chi connectivity index (χ1v) is 7.60. The van der Waals surface area contributed by atoms with Crippen LogP contribution in [-0.2, 0) is 11.2 Å². The highest BCUT2D eigenvalue weighted by atomic mass is 19.1. The average molecular weight is 333 g/mol. The number of carbonyl (C=O) groups is 2. The quantitative estimate of drug-likeness (QED) is 0.850. The van der Waals surface area contributed by atoms with Gasteiger partial charge in [0.25, 0.3) is 5.91 Å². The van der Waals surface area contributed by atoms with Crippen molar-refractivity contribution < 1.29 is 19.1 Å². The molecule has 0 atom stereocenters. The number of carbonyl (C=O) groups excluding carboxylic acids is 1. The van der Waals surface area contributed by atoms with E-state index in [2.05, 4.69) is 10.4 Å². The van der Waals surface area contributed by atoms with Crippen LogP contribution in [0.25, 0.3) is 5.69 Å². The lowest BCUT2D eigenvalue weighted by Gasteiger charge is -2.19. The van der Waals surface area contributed by atoms with Gasteiger partial charge in [0.2, 0.25) is 0 Å². The molecule has 0 unspecified atom stereocenters. The Bertz CT molecular complexity index is 751. The topological polar surface area (TPSA) is 84.2 Å². The van der Waals surface area contributed by atoms with Crippen molar-refractivity contribution >= 4 is 11.9 Å². The van der Waals surface area contributed by atoms with E-state index in [-0.39, 0.29) is 18.3 Å². The lowest BCUT2D eigenvalue weighted by atomic mass is 9.94. The highest BCUT2D eigenvalue weighted by Gasteiger charge is 2.28. The van der Waals surface area contributed by atoms with Gasteiger partial charge in [-0.2, -0.15) is 5.10 Å². The van der Waals surface area contributed by atoms with Gasteiger partial charge in [0.15, 0.2) is 0 Å². The van der Waals surface area contributed by atoms with Crippen LogP contribution in [0.1, 0.15) is 36.8 Å². The number of rotatable bonds is 6. The zero-order valence-electron chi connectivity index (χ0n) is 13.8. The van der Waals surface area contributed by atoms with E-state index in [1.54, 1.807) is 16.8 Å². The van der Waals surface area contributed by atoms with Crippen LogP contribution in [0, 0.1) is 11.2 Å². The lowest BCUT2D eigenvalue weighted by Crippen LogP contribution is -2.39. The Hall–Kier alpha value is -2.70. The summed E-state index contributed by atoms with van der Waals surface area (Å²) < 4.78 is 14.6. The molecule has 0 fully saturated rings.